The molecule has 1 aromatic heterocycles. The van der Waals surface area contributed by atoms with Gasteiger partial charge in [-0.2, -0.15) is 0 Å². The predicted octanol–water partition coefficient (Wildman–Crippen LogP) is 3.85. The van der Waals surface area contributed by atoms with Crippen molar-refractivity contribution >= 4 is 34.0 Å². The summed E-state index contributed by atoms with van der Waals surface area (Å²) in [5.74, 6) is -0.271. The number of aromatic nitrogens is 1. The van der Waals surface area contributed by atoms with Crippen molar-refractivity contribution in [2.24, 2.45) is 0 Å². The van der Waals surface area contributed by atoms with Gasteiger partial charge in [0.25, 0.3) is 5.91 Å². The average molecular weight is 411 g/mol. The molecule has 0 saturated carbocycles. The Balaban J connectivity index is 1.81. The summed E-state index contributed by atoms with van der Waals surface area (Å²) < 4.78 is 10.2. The Hall–Kier alpha value is -3.39. The van der Waals surface area contributed by atoms with Crippen LogP contribution in [0.1, 0.15) is 27.0 Å². The Bertz CT molecular complexity index is 1000. The highest BCUT2D eigenvalue weighted by Gasteiger charge is 2.26. The zero-order chi connectivity index (χ0) is 20.8. The Kier molecular flexibility index (Phi) is 6.46. The molecule has 0 aliphatic rings. The highest BCUT2D eigenvalue weighted by atomic mass is 32.1. The molecule has 0 spiro atoms. The van der Waals surface area contributed by atoms with Crippen LogP contribution in [-0.4, -0.2) is 31.1 Å². The number of amides is 1. The number of para-hydroxylation sites is 2. The topological polar surface area (TPSA) is 89.5 Å². The third kappa shape index (κ3) is 4.72. The number of ether oxygens (including phenoxy) is 2. The van der Waals surface area contributed by atoms with Crippen molar-refractivity contribution in [3.05, 3.63) is 70.7 Å². The van der Waals surface area contributed by atoms with Gasteiger partial charge in [-0.25, -0.2) is 9.78 Å². The normalized spacial score (nSPS) is 11.4. The number of carbonyl (C=O) groups is 2. The molecule has 2 aromatic carbocycles. The lowest BCUT2D eigenvalue weighted by atomic mass is 10.1. The summed E-state index contributed by atoms with van der Waals surface area (Å²) >= 11 is 1.20. The smallest absolute Gasteiger partial charge is 0.333 e. The van der Waals surface area contributed by atoms with E-state index in [1.54, 1.807) is 38.3 Å². The fourth-order valence-electron chi connectivity index (χ4n) is 2.76. The van der Waals surface area contributed by atoms with E-state index in [1.165, 1.54) is 18.4 Å². The van der Waals surface area contributed by atoms with Crippen molar-refractivity contribution < 1.29 is 19.1 Å². The Morgan fingerprint density at radius 2 is 1.72 bits per heavy atom. The summed E-state index contributed by atoms with van der Waals surface area (Å²) in [7, 11) is 2.88. The largest absolute Gasteiger partial charge is 0.495 e. The first-order valence-electron chi connectivity index (χ1n) is 8.84. The van der Waals surface area contributed by atoms with E-state index in [2.05, 4.69) is 15.6 Å². The number of hydrogen-bond acceptors (Lipinski definition) is 7. The highest BCUT2D eigenvalue weighted by Crippen LogP contribution is 2.31. The lowest BCUT2D eigenvalue weighted by Crippen LogP contribution is -2.34. The van der Waals surface area contributed by atoms with Crippen LogP contribution < -0.4 is 15.4 Å². The predicted molar refractivity (Wildman–Crippen MR) is 112 cm³/mol. The number of rotatable bonds is 7. The average Bonchev–Trinajstić information content (AvgIpc) is 3.12. The van der Waals surface area contributed by atoms with Crippen LogP contribution in [0.3, 0.4) is 0 Å². The van der Waals surface area contributed by atoms with Crippen LogP contribution >= 0.6 is 11.3 Å². The third-order valence-corrected chi connectivity index (χ3v) is 5.27. The molecule has 2 N–H and O–H groups in total. The first kappa shape index (κ1) is 20.3. The van der Waals surface area contributed by atoms with E-state index < -0.39 is 17.9 Å². The number of methoxy groups -OCH3 is 2. The van der Waals surface area contributed by atoms with Gasteiger partial charge in [0.2, 0.25) is 0 Å². The molecule has 0 unspecified atom stereocenters. The SMILES string of the molecule is COC(=O)[C@@H](NC(=O)c1sc(Nc2ccccc2OC)nc1C)c1ccccc1. The third-order valence-electron chi connectivity index (χ3n) is 4.20. The van der Waals surface area contributed by atoms with Gasteiger partial charge in [0.05, 0.1) is 25.6 Å². The fourth-order valence-corrected chi connectivity index (χ4v) is 3.64. The van der Waals surface area contributed by atoms with Crippen LogP contribution in [0.4, 0.5) is 10.8 Å². The van der Waals surface area contributed by atoms with Gasteiger partial charge in [0.1, 0.15) is 10.6 Å². The molecule has 8 heteroatoms. The summed E-state index contributed by atoms with van der Waals surface area (Å²) in [5.41, 5.74) is 1.94. The van der Waals surface area contributed by atoms with Gasteiger partial charge >= 0.3 is 5.97 Å². The van der Waals surface area contributed by atoms with Crippen LogP contribution in [0.2, 0.25) is 0 Å². The lowest BCUT2D eigenvalue weighted by molar-refractivity contribution is -0.143. The molecular weight excluding hydrogens is 390 g/mol. The lowest BCUT2D eigenvalue weighted by Gasteiger charge is -2.16. The second-order valence-corrected chi connectivity index (χ2v) is 7.10. The number of nitrogens with one attached hydrogen (secondary N) is 2. The molecule has 0 aliphatic heterocycles. The maximum Gasteiger partial charge on any atom is 0.333 e. The number of thiazole rings is 1. The monoisotopic (exact) mass is 411 g/mol. The zero-order valence-electron chi connectivity index (χ0n) is 16.3. The number of carbonyl (C=O) groups excluding carboxylic acids is 2. The highest BCUT2D eigenvalue weighted by molar-refractivity contribution is 7.17. The van der Waals surface area contributed by atoms with E-state index in [1.807, 2.05) is 30.3 Å². The number of esters is 1. The fraction of sp³-hybridized carbons (Fsp3) is 0.190. The summed E-state index contributed by atoms with van der Waals surface area (Å²) in [4.78, 5) is 29.9. The van der Waals surface area contributed by atoms with Gasteiger partial charge in [-0.05, 0) is 24.6 Å². The van der Waals surface area contributed by atoms with E-state index in [4.69, 9.17) is 9.47 Å². The first-order valence-corrected chi connectivity index (χ1v) is 9.66. The number of benzene rings is 2. The second kappa shape index (κ2) is 9.20. The molecule has 29 heavy (non-hydrogen) atoms. The van der Waals surface area contributed by atoms with E-state index in [-0.39, 0.29) is 0 Å². The minimum Gasteiger partial charge on any atom is -0.495 e. The molecule has 3 rings (SSSR count). The van der Waals surface area contributed by atoms with Crippen LogP contribution in [0.15, 0.2) is 54.6 Å². The minimum absolute atomic E-state index is 0.396. The Labute approximate surface area is 172 Å². The van der Waals surface area contributed by atoms with Gasteiger partial charge in [-0.15, -0.1) is 0 Å². The van der Waals surface area contributed by atoms with E-state index in [0.29, 0.717) is 27.0 Å². The Morgan fingerprint density at radius 3 is 2.41 bits per heavy atom. The quantitative estimate of drug-likeness (QED) is 0.574. The molecule has 1 atom stereocenters. The van der Waals surface area contributed by atoms with Crippen molar-refractivity contribution in [2.75, 3.05) is 19.5 Å². The number of hydrogen-bond donors (Lipinski definition) is 2. The van der Waals surface area contributed by atoms with Crippen molar-refractivity contribution in [1.29, 1.82) is 0 Å². The minimum atomic E-state index is -0.902. The van der Waals surface area contributed by atoms with E-state index in [9.17, 15) is 9.59 Å². The molecule has 0 aliphatic carbocycles. The van der Waals surface area contributed by atoms with Crippen LogP contribution in [-0.2, 0) is 9.53 Å². The van der Waals surface area contributed by atoms with Crippen LogP contribution in [0.5, 0.6) is 5.75 Å². The van der Waals surface area contributed by atoms with Crippen LogP contribution in [0, 0.1) is 6.92 Å². The Morgan fingerprint density at radius 1 is 1.03 bits per heavy atom. The van der Waals surface area contributed by atoms with Crippen LogP contribution in [0.25, 0.3) is 0 Å². The summed E-state index contributed by atoms with van der Waals surface area (Å²) in [6, 6.07) is 15.5. The zero-order valence-corrected chi connectivity index (χ0v) is 17.1. The molecule has 0 saturated heterocycles. The molecule has 0 radical (unpaired) electrons. The van der Waals surface area contributed by atoms with Gasteiger partial charge < -0.3 is 20.1 Å². The summed E-state index contributed by atoms with van der Waals surface area (Å²) in [5, 5.41) is 6.46. The van der Waals surface area contributed by atoms with Gasteiger partial charge in [0, 0.05) is 0 Å². The first-order chi connectivity index (χ1) is 14.0. The van der Waals surface area contributed by atoms with Crippen molar-refractivity contribution in [3.63, 3.8) is 0 Å². The van der Waals surface area contributed by atoms with Crippen molar-refractivity contribution in [1.82, 2.24) is 10.3 Å². The summed E-state index contributed by atoms with van der Waals surface area (Å²) in [6.07, 6.45) is 0. The molecule has 3 aromatic rings. The maximum atomic E-state index is 12.9. The van der Waals surface area contributed by atoms with Gasteiger partial charge in [-0.1, -0.05) is 53.8 Å². The maximum absolute atomic E-state index is 12.9. The molecule has 0 bridgehead atoms. The van der Waals surface area contributed by atoms with E-state index >= 15 is 0 Å². The van der Waals surface area contributed by atoms with Crippen molar-refractivity contribution in [2.45, 2.75) is 13.0 Å². The summed E-state index contributed by atoms with van der Waals surface area (Å²) in [6.45, 7) is 1.74. The molecular formula is C21H21N3O4S. The number of aryl methyl sites for hydroxylation is 1. The molecule has 0 fully saturated rings. The van der Waals surface area contributed by atoms with Gasteiger partial charge in [0.15, 0.2) is 11.2 Å². The number of anilines is 2. The molecule has 1 amide bonds. The molecule has 7 nitrogen and oxygen atoms in total. The number of nitrogens with zero attached hydrogens (tertiary/aromatic N) is 1. The van der Waals surface area contributed by atoms with Gasteiger partial charge in [-0.3, -0.25) is 4.79 Å². The molecule has 150 valence electrons. The second-order valence-electron chi connectivity index (χ2n) is 6.10. The molecule has 1 heterocycles. The van der Waals surface area contributed by atoms with Crippen molar-refractivity contribution in [3.8, 4) is 5.75 Å². The van der Waals surface area contributed by atoms with E-state index in [0.717, 1.165) is 5.69 Å². The standard InChI is InChI=1S/C21H21N3O4S/c1-13-18(29-21(22-13)23-15-11-7-8-12-16(15)27-2)19(25)24-17(20(26)28-3)14-9-5-4-6-10-14/h4-12,17H,1-3H3,(H,22,23)(H,24,25)/t17-/m0/s1.